The molecule has 0 spiro atoms. The fourth-order valence-corrected chi connectivity index (χ4v) is 5.42. The molecule has 2 aliphatic rings. The smallest absolute Gasteiger partial charge is 0.327 e. The van der Waals surface area contributed by atoms with Gasteiger partial charge in [-0.15, -0.1) is 0 Å². The van der Waals surface area contributed by atoms with Crippen molar-refractivity contribution in [1.82, 2.24) is 0 Å². The van der Waals surface area contributed by atoms with Crippen LogP contribution in [-0.2, 0) is 4.79 Å². The second-order valence-corrected chi connectivity index (χ2v) is 7.62. The zero-order chi connectivity index (χ0) is 11.8. The van der Waals surface area contributed by atoms with E-state index < -0.39 is 5.97 Å². The molecule has 0 aromatic carbocycles. The van der Waals surface area contributed by atoms with E-state index in [4.69, 9.17) is 5.11 Å². The van der Waals surface area contributed by atoms with Gasteiger partial charge in [-0.05, 0) is 0 Å². The molecule has 0 atom stereocenters. The average molecular weight is 246 g/mol. The first-order chi connectivity index (χ1) is 7.72. The van der Waals surface area contributed by atoms with E-state index in [1.54, 1.807) is 0 Å². The van der Waals surface area contributed by atoms with Crippen molar-refractivity contribution in [1.29, 1.82) is 0 Å². The summed E-state index contributed by atoms with van der Waals surface area (Å²) in [6, 6.07) is 0. The van der Waals surface area contributed by atoms with E-state index >= 15 is 0 Å². The van der Waals surface area contributed by atoms with Gasteiger partial charge in [-0.1, -0.05) is 6.58 Å². The molecule has 2 rings (SSSR count). The van der Waals surface area contributed by atoms with Crippen LogP contribution in [-0.4, -0.2) is 44.9 Å². The molecular formula is C13H18CaO2. The predicted octanol–water partition coefficient (Wildman–Crippen LogP) is 3.08. The third-order valence-electron chi connectivity index (χ3n) is 2.90. The standard InChI is InChI=1S/2C5H7.C3H4O2.Ca/c2*1-2-4-5-3-1;1-2-3(4)5;/h2*1H,2,4-5H2;2H,1H2,(H,4,5);. The van der Waals surface area contributed by atoms with E-state index in [-0.39, 0.29) is 33.8 Å². The van der Waals surface area contributed by atoms with E-state index in [9.17, 15) is 4.79 Å². The Hall–Kier alpha value is -0.0503. The second-order valence-electron chi connectivity index (χ2n) is 4.23. The zero-order valence-corrected chi connectivity index (χ0v) is 12.0. The molecule has 0 amide bonds. The minimum Gasteiger partial charge on any atom is -0.478 e. The van der Waals surface area contributed by atoms with Gasteiger partial charge in [0, 0.05) is 6.08 Å². The van der Waals surface area contributed by atoms with Gasteiger partial charge in [-0.2, -0.15) is 0 Å². The minimum absolute atomic E-state index is 0.340. The number of rotatable bonds is 3. The van der Waals surface area contributed by atoms with Crippen LogP contribution in [0.25, 0.3) is 0 Å². The number of carboxylic acid groups (broad SMARTS) is 1. The van der Waals surface area contributed by atoms with Gasteiger partial charge in [0.1, 0.15) is 0 Å². The quantitative estimate of drug-likeness (QED) is 0.614. The third-order valence-corrected chi connectivity index (χ3v) is 6.32. The van der Waals surface area contributed by atoms with Gasteiger partial charge in [0.15, 0.2) is 0 Å². The molecule has 16 heavy (non-hydrogen) atoms. The fourth-order valence-electron chi connectivity index (χ4n) is 2.09. The first kappa shape index (κ1) is 14.0. The third kappa shape index (κ3) is 5.88. The average Bonchev–Trinajstić information content (AvgIpc) is 2.92. The SMILES string of the molecule is C1=[C]([Ca][C]2=CCCC2)CCC1.C=CC(=O)O. The molecule has 84 valence electrons. The molecule has 0 bridgehead atoms. The number of carboxylic acids is 1. The summed E-state index contributed by atoms with van der Waals surface area (Å²) in [4.78, 5) is 9.25. The van der Waals surface area contributed by atoms with Crippen LogP contribution >= 0.6 is 0 Å². The van der Waals surface area contributed by atoms with Gasteiger partial charge in [-0.25, -0.2) is 4.79 Å². The van der Waals surface area contributed by atoms with Crippen LogP contribution in [0, 0.1) is 0 Å². The van der Waals surface area contributed by atoms with E-state index in [0.29, 0.717) is 0 Å². The number of hydrogen-bond acceptors (Lipinski definition) is 1. The number of allylic oxidation sites excluding steroid dienone is 4. The maximum Gasteiger partial charge on any atom is 0.327 e. The van der Waals surface area contributed by atoms with E-state index in [2.05, 4.69) is 18.7 Å². The molecule has 0 unspecified atom stereocenters. The number of carbonyl (C=O) groups is 1. The Kier molecular flexibility index (Phi) is 7.10. The van der Waals surface area contributed by atoms with E-state index in [1.165, 1.54) is 38.5 Å². The molecular weight excluding hydrogens is 228 g/mol. The molecule has 0 fully saturated rings. The van der Waals surface area contributed by atoms with Crippen molar-refractivity contribution in [3.8, 4) is 0 Å². The van der Waals surface area contributed by atoms with Crippen LogP contribution in [0.4, 0.5) is 0 Å². The van der Waals surface area contributed by atoms with E-state index in [0.717, 1.165) is 6.08 Å². The van der Waals surface area contributed by atoms with Crippen LogP contribution in [0.2, 0.25) is 0 Å². The van der Waals surface area contributed by atoms with Crippen molar-refractivity contribution in [3.63, 3.8) is 0 Å². The first-order valence-electron chi connectivity index (χ1n) is 5.93. The van der Waals surface area contributed by atoms with Gasteiger partial charge < -0.3 is 5.11 Å². The zero-order valence-electron chi connectivity index (χ0n) is 9.74. The second kappa shape index (κ2) is 8.10. The van der Waals surface area contributed by atoms with Crippen molar-refractivity contribution >= 4 is 39.8 Å². The molecule has 1 N–H and O–H groups in total. The Morgan fingerprint density at radius 2 is 1.69 bits per heavy atom. The fraction of sp³-hybridized carbons (Fsp3) is 0.462. The molecule has 0 saturated heterocycles. The Morgan fingerprint density at radius 3 is 1.94 bits per heavy atom. The van der Waals surface area contributed by atoms with Gasteiger partial charge in [-0.3, -0.25) is 0 Å². The molecule has 2 aliphatic carbocycles. The van der Waals surface area contributed by atoms with Gasteiger partial charge in [0.25, 0.3) is 0 Å². The molecule has 0 aliphatic heterocycles. The molecule has 0 heterocycles. The first-order valence-corrected chi connectivity index (χ1v) is 8.14. The van der Waals surface area contributed by atoms with Crippen molar-refractivity contribution in [2.45, 2.75) is 38.5 Å². The summed E-state index contributed by atoms with van der Waals surface area (Å²) in [6.07, 6.45) is 14.5. The van der Waals surface area contributed by atoms with Crippen molar-refractivity contribution < 1.29 is 9.90 Å². The monoisotopic (exact) mass is 246 g/mol. The molecule has 0 saturated carbocycles. The van der Waals surface area contributed by atoms with Gasteiger partial charge in [0.05, 0.1) is 0 Å². The molecule has 2 nitrogen and oxygen atoms in total. The molecule has 0 aromatic rings. The van der Waals surface area contributed by atoms with Crippen molar-refractivity contribution in [2.24, 2.45) is 0 Å². The topological polar surface area (TPSA) is 37.3 Å². The Bertz CT molecular complexity index is 294. The molecule has 0 aromatic heterocycles. The molecule has 0 radical (unpaired) electrons. The van der Waals surface area contributed by atoms with Crippen LogP contribution < -0.4 is 0 Å². The summed E-state index contributed by atoms with van der Waals surface area (Å²) < 4.78 is 3.79. The largest absolute Gasteiger partial charge is 0.478 e. The normalized spacial score (nSPS) is 17.8. The minimum atomic E-state index is -0.981. The number of aliphatic carboxylic acids is 1. The van der Waals surface area contributed by atoms with Crippen LogP contribution in [0.3, 0.4) is 0 Å². The Labute approximate surface area is 115 Å². The van der Waals surface area contributed by atoms with Gasteiger partial charge in [0.2, 0.25) is 0 Å². The summed E-state index contributed by atoms with van der Waals surface area (Å²) in [6.45, 7) is 2.96. The summed E-state index contributed by atoms with van der Waals surface area (Å²) in [5.41, 5.74) is 0. The Balaban J connectivity index is 0.000000221. The summed E-state index contributed by atoms with van der Waals surface area (Å²) in [5, 5.41) is 7.60. The molecule has 3 heteroatoms. The van der Waals surface area contributed by atoms with E-state index in [1.807, 2.05) is 3.34 Å². The van der Waals surface area contributed by atoms with Crippen molar-refractivity contribution in [2.75, 3.05) is 0 Å². The summed E-state index contributed by atoms with van der Waals surface area (Å²) in [5.74, 6) is -0.981. The van der Waals surface area contributed by atoms with Crippen LogP contribution in [0.5, 0.6) is 0 Å². The van der Waals surface area contributed by atoms with Crippen molar-refractivity contribution in [3.05, 3.63) is 28.1 Å². The summed E-state index contributed by atoms with van der Waals surface area (Å²) in [7, 11) is 0. The maximum atomic E-state index is 9.25. The van der Waals surface area contributed by atoms with Crippen LogP contribution in [0.1, 0.15) is 38.5 Å². The summed E-state index contributed by atoms with van der Waals surface area (Å²) >= 11 is -0.340. The maximum absolute atomic E-state index is 9.25. The van der Waals surface area contributed by atoms with Gasteiger partial charge >= 0.3 is 93.8 Å². The Morgan fingerprint density at radius 1 is 1.25 bits per heavy atom. The van der Waals surface area contributed by atoms with Crippen LogP contribution in [0.15, 0.2) is 28.1 Å². The predicted molar refractivity (Wildman–Crippen MR) is 67.5 cm³/mol. The number of hydrogen-bond donors (Lipinski definition) is 1.